The Balaban J connectivity index is 3.47. The van der Waals surface area contributed by atoms with Gasteiger partial charge in [0.25, 0.3) is 0 Å². The van der Waals surface area contributed by atoms with Crippen molar-refractivity contribution >= 4 is 10.2 Å². The second-order valence-electron chi connectivity index (χ2n) is 3.80. The zero-order chi connectivity index (χ0) is 10.6. The summed E-state index contributed by atoms with van der Waals surface area (Å²) in [7, 11) is 2.05. The van der Waals surface area contributed by atoms with Crippen molar-refractivity contribution in [1.82, 2.24) is 0 Å². The van der Waals surface area contributed by atoms with Gasteiger partial charge in [0.2, 0.25) is 0 Å². The van der Waals surface area contributed by atoms with E-state index in [1.807, 2.05) is 0 Å². The third kappa shape index (κ3) is 9.78. The molecule has 0 N–H and O–H groups in total. The average molecular weight is 209 g/mol. The number of unbranched alkanes of at least 4 members (excludes halogenated alkanes) is 4. The molecule has 0 heterocycles. The molecule has 0 unspecified atom stereocenters. The van der Waals surface area contributed by atoms with Crippen LogP contribution >= 0.6 is 0 Å². The smallest absolute Gasteiger partial charge is 0.0222 e. The second-order valence-corrected chi connectivity index (χ2v) is 4.75. The number of hydrogen-bond donors (Lipinski definition) is 0. The highest BCUT2D eigenvalue weighted by Crippen LogP contribution is 2.07. The Morgan fingerprint density at radius 2 is 1.36 bits per heavy atom. The number of hydrogen-bond acceptors (Lipinski definition) is 0. The molecule has 0 aliphatic rings. The van der Waals surface area contributed by atoms with E-state index in [1.165, 1.54) is 38.5 Å². The molecule has 1 heteroatoms. The van der Waals surface area contributed by atoms with Crippen LogP contribution in [0.25, 0.3) is 0 Å². The minimum atomic E-state index is 0.642. The minimum Gasteiger partial charge on any atom is -0.0883 e. The lowest BCUT2D eigenvalue weighted by Gasteiger charge is -1.97. The van der Waals surface area contributed by atoms with Crippen LogP contribution in [0.3, 0.4) is 0 Å². The van der Waals surface area contributed by atoms with Crippen molar-refractivity contribution in [3.05, 3.63) is 24.3 Å². The molecule has 0 spiro atoms. The van der Waals surface area contributed by atoms with Gasteiger partial charge in [-0.05, 0) is 18.4 Å². The van der Waals surface area contributed by atoms with Crippen molar-refractivity contribution in [3.8, 4) is 0 Å². The summed E-state index contributed by atoms with van der Waals surface area (Å²) in [5.74, 6) is 0. The molecule has 0 saturated heterocycles. The Morgan fingerprint density at radius 3 is 1.71 bits per heavy atom. The molecule has 0 rings (SSSR count). The second kappa shape index (κ2) is 10.8. The Morgan fingerprint density at radius 1 is 0.929 bits per heavy atom. The zero-order valence-corrected chi connectivity index (χ0v) is 11.3. The van der Waals surface area contributed by atoms with Crippen LogP contribution in [-0.2, 0) is 0 Å². The van der Waals surface area contributed by atoms with Crippen molar-refractivity contribution in [2.24, 2.45) is 0 Å². The van der Waals surface area contributed by atoms with E-state index in [2.05, 4.69) is 48.4 Å². The van der Waals surface area contributed by atoms with E-state index in [9.17, 15) is 0 Å². The average Bonchev–Trinajstić information content (AvgIpc) is 2.19. The Bertz CT molecular complexity index is 141. The first-order valence-corrected chi connectivity index (χ1v) is 6.79. The number of rotatable bonds is 8. The summed E-state index contributed by atoms with van der Waals surface area (Å²) in [5.41, 5.74) is 0.642. The summed E-state index contributed by atoms with van der Waals surface area (Å²) < 4.78 is 0. The molecule has 1 radical (unpaired) electrons. The van der Waals surface area contributed by atoms with Crippen LogP contribution in [0.5, 0.6) is 0 Å². The van der Waals surface area contributed by atoms with Gasteiger partial charge in [0.15, 0.2) is 0 Å². The quantitative estimate of drug-likeness (QED) is 0.323. The molecular weight excluding hydrogens is 184 g/mol. The molecule has 81 valence electrons. The van der Waals surface area contributed by atoms with Gasteiger partial charge in [-0.2, -0.15) is 0 Å². The van der Waals surface area contributed by atoms with Gasteiger partial charge in [0.05, 0.1) is 0 Å². The predicted molar refractivity (Wildman–Crippen MR) is 69.6 cm³/mol. The summed E-state index contributed by atoms with van der Waals surface area (Å²) in [6.45, 7) is 4.48. The Hall–Kier alpha value is -0.303. The summed E-state index contributed by atoms with van der Waals surface area (Å²) in [4.78, 5) is 0. The largest absolute Gasteiger partial charge is 0.0883 e. The van der Waals surface area contributed by atoms with E-state index in [1.54, 1.807) is 0 Å². The van der Waals surface area contributed by atoms with E-state index in [-0.39, 0.29) is 0 Å². The van der Waals surface area contributed by atoms with Gasteiger partial charge in [-0.15, -0.1) is 0 Å². The lowest BCUT2D eigenvalue weighted by molar-refractivity contribution is 0.811. The Labute approximate surface area is 92.9 Å². The monoisotopic (exact) mass is 209 g/mol. The first-order chi connectivity index (χ1) is 6.81. The van der Waals surface area contributed by atoms with Crippen LogP contribution in [0.2, 0.25) is 5.54 Å². The molecule has 0 aromatic rings. The molecular formula is C13H25Si. The Kier molecular flexibility index (Phi) is 10.5. The van der Waals surface area contributed by atoms with Crippen molar-refractivity contribution in [2.45, 2.75) is 57.9 Å². The molecule has 0 fully saturated rings. The maximum Gasteiger partial charge on any atom is 0.0222 e. The topological polar surface area (TPSA) is 0 Å². The molecule has 0 aromatic carbocycles. The summed E-state index contributed by atoms with van der Waals surface area (Å²) in [6, 6.07) is 0. The maximum absolute atomic E-state index is 2.33. The lowest BCUT2D eigenvalue weighted by atomic mass is 10.2. The zero-order valence-electron chi connectivity index (χ0n) is 9.84. The molecule has 0 nitrogen and oxygen atoms in total. The van der Waals surface area contributed by atoms with Crippen LogP contribution in [0.15, 0.2) is 24.3 Å². The SMILES string of the molecule is CCCC/C=C/C([SiH2])/C=C/CCCC. The van der Waals surface area contributed by atoms with Crippen molar-refractivity contribution < 1.29 is 0 Å². The first-order valence-electron chi connectivity index (χ1n) is 5.97. The fraction of sp³-hybridized carbons (Fsp3) is 0.692. The first kappa shape index (κ1) is 13.7. The van der Waals surface area contributed by atoms with Crippen LogP contribution in [0, 0.1) is 0 Å². The minimum absolute atomic E-state index is 0.642. The van der Waals surface area contributed by atoms with E-state index >= 15 is 0 Å². The highest BCUT2D eigenvalue weighted by atomic mass is 28.1. The van der Waals surface area contributed by atoms with E-state index in [0.29, 0.717) is 5.54 Å². The van der Waals surface area contributed by atoms with Crippen molar-refractivity contribution in [3.63, 3.8) is 0 Å². The standard InChI is InChI=1S/C13H25Si/c1-3-5-7-9-11-13(14)12-10-8-6-4-2/h9-13H,3-8,14H2,1-2H3/b11-9+,12-10+. The summed E-state index contributed by atoms with van der Waals surface area (Å²) in [5, 5.41) is 0. The van der Waals surface area contributed by atoms with E-state index < -0.39 is 0 Å². The molecule has 0 amide bonds. The fourth-order valence-electron chi connectivity index (χ4n) is 1.25. The van der Waals surface area contributed by atoms with Crippen LogP contribution in [-0.4, -0.2) is 10.2 Å². The molecule has 0 aromatic heterocycles. The summed E-state index contributed by atoms with van der Waals surface area (Å²) in [6.07, 6.45) is 17.0. The van der Waals surface area contributed by atoms with Gasteiger partial charge in [-0.3, -0.25) is 0 Å². The fourth-order valence-corrected chi connectivity index (χ4v) is 1.64. The number of allylic oxidation sites excluding steroid dienone is 4. The van der Waals surface area contributed by atoms with Crippen molar-refractivity contribution in [2.75, 3.05) is 0 Å². The molecule has 0 aliphatic carbocycles. The molecule has 14 heavy (non-hydrogen) atoms. The van der Waals surface area contributed by atoms with Gasteiger partial charge in [-0.1, -0.05) is 63.8 Å². The van der Waals surface area contributed by atoms with E-state index in [0.717, 1.165) is 0 Å². The summed E-state index contributed by atoms with van der Waals surface area (Å²) >= 11 is 0. The van der Waals surface area contributed by atoms with Gasteiger partial charge < -0.3 is 0 Å². The van der Waals surface area contributed by atoms with Crippen LogP contribution in [0.4, 0.5) is 0 Å². The normalized spacial score (nSPS) is 12.3. The van der Waals surface area contributed by atoms with Gasteiger partial charge >= 0.3 is 0 Å². The van der Waals surface area contributed by atoms with Gasteiger partial charge in [0, 0.05) is 10.2 Å². The molecule has 0 aliphatic heterocycles. The highest BCUT2D eigenvalue weighted by molar-refractivity contribution is 6.14. The predicted octanol–water partition coefficient (Wildman–Crippen LogP) is 3.90. The van der Waals surface area contributed by atoms with Crippen molar-refractivity contribution in [1.29, 1.82) is 0 Å². The lowest BCUT2D eigenvalue weighted by Crippen LogP contribution is -1.81. The molecule has 0 bridgehead atoms. The third-order valence-corrected chi connectivity index (χ3v) is 2.76. The third-order valence-electron chi connectivity index (χ3n) is 2.22. The highest BCUT2D eigenvalue weighted by Gasteiger charge is 1.88. The molecule has 0 saturated carbocycles. The van der Waals surface area contributed by atoms with Gasteiger partial charge in [-0.25, -0.2) is 0 Å². The van der Waals surface area contributed by atoms with Crippen LogP contribution in [0.1, 0.15) is 52.4 Å². The maximum atomic E-state index is 2.33. The van der Waals surface area contributed by atoms with Crippen LogP contribution < -0.4 is 0 Å². The molecule has 0 atom stereocenters. The van der Waals surface area contributed by atoms with Gasteiger partial charge in [0.1, 0.15) is 0 Å². The van der Waals surface area contributed by atoms with E-state index in [4.69, 9.17) is 0 Å².